The third-order valence-electron chi connectivity index (χ3n) is 4.20. The highest BCUT2D eigenvalue weighted by molar-refractivity contribution is 5.80. The lowest BCUT2D eigenvalue weighted by Crippen LogP contribution is -2.40. The molecule has 1 aliphatic rings. The molecular weight excluding hydrogens is 258 g/mol. The fourth-order valence-corrected chi connectivity index (χ4v) is 2.72. The zero-order valence-electron chi connectivity index (χ0n) is 13.9. The van der Waals surface area contributed by atoms with Gasteiger partial charge in [-0.3, -0.25) is 4.99 Å². The smallest absolute Gasteiger partial charge is 0.193 e. The normalized spacial score (nSPS) is 16.4. The van der Waals surface area contributed by atoms with Gasteiger partial charge in [-0.25, -0.2) is 0 Å². The summed E-state index contributed by atoms with van der Waals surface area (Å²) < 4.78 is 0. The highest BCUT2D eigenvalue weighted by Gasteiger charge is 2.22. The number of rotatable bonds is 4. The van der Waals surface area contributed by atoms with Crippen molar-refractivity contribution in [3.05, 3.63) is 35.4 Å². The van der Waals surface area contributed by atoms with Crippen LogP contribution in [0.4, 0.5) is 0 Å². The van der Waals surface area contributed by atoms with Crippen LogP contribution in [0, 0.1) is 6.92 Å². The van der Waals surface area contributed by atoms with Gasteiger partial charge in [0, 0.05) is 25.0 Å². The van der Waals surface area contributed by atoms with Crippen LogP contribution in [0.15, 0.2) is 29.3 Å². The maximum atomic E-state index is 4.90. The number of aryl methyl sites for hydroxylation is 1. The molecule has 0 spiro atoms. The molecule has 116 valence electrons. The molecule has 0 unspecified atom stereocenters. The average molecular weight is 287 g/mol. The second-order valence-electron chi connectivity index (χ2n) is 6.61. The zero-order chi connectivity index (χ0) is 15.3. The summed E-state index contributed by atoms with van der Waals surface area (Å²) in [4.78, 5) is 7.28. The lowest BCUT2D eigenvalue weighted by molar-refractivity contribution is 0.480. The summed E-state index contributed by atoms with van der Waals surface area (Å²) in [5.74, 6) is 1.08. The van der Waals surface area contributed by atoms with Crippen molar-refractivity contribution in [2.24, 2.45) is 4.99 Å². The molecule has 0 aliphatic carbocycles. The standard InChI is InChI=1S/C18H29N3/c1-5-19-17(21-12-6-7-13-21)20-14-18(3,4)16-10-8-15(2)9-11-16/h8-11H,5-7,12-14H2,1-4H3,(H,19,20). The van der Waals surface area contributed by atoms with Crippen LogP contribution in [-0.2, 0) is 5.41 Å². The van der Waals surface area contributed by atoms with E-state index in [2.05, 4.69) is 62.2 Å². The van der Waals surface area contributed by atoms with Crippen LogP contribution in [-0.4, -0.2) is 37.0 Å². The number of aliphatic imine (C=N–C) groups is 1. The van der Waals surface area contributed by atoms with Crippen molar-refractivity contribution in [1.82, 2.24) is 10.2 Å². The second kappa shape index (κ2) is 6.97. The van der Waals surface area contributed by atoms with Crippen LogP contribution in [0.1, 0.15) is 44.7 Å². The van der Waals surface area contributed by atoms with Crippen LogP contribution in [0.2, 0.25) is 0 Å². The molecule has 21 heavy (non-hydrogen) atoms. The molecule has 1 N–H and O–H groups in total. The minimum absolute atomic E-state index is 0.0636. The summed E-state index contributed by atoms with van der Waals surface area (Å²) >= 11 is 0. The molecule has 1 fully saturated rings. The first-order valence-electron chi connectivity index (χ1n) is 8.13. The molecule has 3 heteroatoms. The minimum Gasteiger partial charge on any atom is -0.357 e. The molecule has 1 heterocycles. The number of likely N-dealkylation sites (tertiary alicyclic amines) is 1. The van der Waals surface area contributed by atoms with Crippen LogP contribution >= 0.6 is 0 Å². The third kappa shape index (κ3) is 4.23. The molecular formula is C18H29N3. The van der Waals surface area contributed by atoms with E-state index in [-0.39, 0.29) is 5.41 Å². The minimum atomic E-state index is 0.0636. The maximum Gasteiger partial charge on any atom is 0.193 e. The van der Waals surface area contributed by atoms with Gasteiger partial charge in [-0.15, -0.1) is 0 Å². The van der Waals surface area contributed by atoms with E-state index < -0.39 is 0 Å². The maximum absolute atomic E-state index is 4.90. The number of hydrogen-bond donors (Lipinski definition) is 1. The Kier molecular flexibility index (Phi) is 5.27. The van der Waals surface area contributed by atoms with Crippen LogP contribution in [0.25, 0.3) is 0 Å². The SMILES string of the molecule is CCNC(=NCC(C)(C)c1ccc(C)cc1)N1CCCC1. The van der Waals surface area contributed by atoms with Crippen molar-refractivity contribution in [3.8, 4) is 0 Å². The molecule has 0 amide bonds. The van der Waals surface area contributed by atoms with Gasteiger partial charge in [-0.2, -0.15) is 0 Å². The Morgan fingerprint density at radius 3 is 2.38 bits per heavy atom. The molecule has 0 aromatic heterocycles. The molecule has 0 bridgehead atoms. The van der Waals surface area contributed by atoms with E-state index in [1.807, 2.05) is 0 Å². The number of benzene rings is 1. The van der Waals surface area contributed by atoms with Crippen LogP contribution in [0.3, 0.4) is 0 Å². The average Bonchev–Trinajstić information content (AvgIpc) is 2.98. The molecule has 0 atom stereocenters. The van der Waals surface area contributed by atoms with Gasteiger partial charge >= 0.3 is 0 Å². The van der Waals surface area contributed by atoms with Gasteiger partial charge in [-0.05, 0) is 32.3 Å². The van der Waals surface area contributed by atoms with E-state index in [1.54, 1.807) is 0 Å². The Bertz CT molecular complexity index is 468. The number of hydrogen-bond acceptors (Lipinski definition) is 1. The van der Waals surface area contributed by atoms with E-state index in [0.717, 1.165) is 32.1 Å². The lowest BCUT2D eigenvalue weighted by atomic mass is 9.84. The predicted molar refractivity (Wildman–Crippen MR) is 91.0 cm³/mol. The summed E-state index contributed by atoms with van der Waals surface area (Å²) in [5, 5.41) is 3.43. The monoisotopic (exact) mass is 287 g/mol. The largest absolute Gasteiger partial charge is 0.357 e. The molecule has 1 aliphatic heterocycles. The van der Waals surface area contributed by atoms with Crippen LogP contribution in [0.5, 0.6) is 0 Å². The predicted octanol–water partition coefficient (Wildman–Crippen LogP) is 3.33. The van der Waals surface area contributed by atoms with E-state index >= 15 is 0 Å². The summed E-state index contributed by atoms with van der Waals surface area (Å²) in [5.41, 5.74) is 2.73. The fourth-order valence-electron chi connectivity index (χ4n) is 2.72. The summed E-state index contributed by atoms with van der Waals surface area (Å²) in [6.45, 7) is 12.8. The Balaban J connectivity index is 2.09. The van der Waals surface area contributed by atoms with Gasteiger partial charge < -0.3 is 10.2 Å². The van der Waals surface area contributed by atoms with Crippen molar-refractivity contribution < 1.29 is 0 Å². The van der Waals surface area contributed by atoms with Crippen molar-refractivity contribution >= 4 is 5.96 Å². The van der Waals surface area contributed by atoms with Gasteiger partial charge in [0.15, 0.2) is 5.96 Å². The number of nitrogens with zero attached hydrogens (tertiary/aromatic N) is 2. The van der Waals surface area contributed by atoms with Gasteiger partial charge in [0.1, 0.15) is 0 Å². The van der Waals surface area contributed by atoms with Crippen molar-refractivity contribution in [3.63, 3.8) is 0 Å². The Hall–Kier alpha value is -1.51. The Morgan fingerprint density at radius 1 is 1.19 bits per heavy atom. The van der Waals surface area contributed by atoms with Gasteiger partial charge in [-0.1, -0.05) is 43.7 Å². The van der Waals surface area contributed by atoms with Crippen molar-refractivity contribution in [2.45, 2.75) is 46.0 Å². The highest BCUT2D eigenvalue weighted by atomic mass is 15.3. The van der Waals surface area contributed by atoms with Gasteiger partial charge in [0.2, 0.25) is 0 Å². The lowest BCUT2D eigenvalue weighted by Gasteiger charge is -2.26. The summed E-state index contributed by atoms with van der Waals surface area (Å²) in [6.07, 6.45) is 2.57. The van der Waals surface area contributed by atoms with Gasteiger partial charge in [0.25, 0.3) is 0 Å². The fraction of sp³-hybridized carbons (Fsp3) is 0.611. The molecule has 3 nitrogen and oxygen atoms in total. The highest BCUT2D eigenvalue weighted by Crippen LogP contribution is 2.24. The van der Waals surface area contributed by atoms with Crippen molar-refractivity contribution in [2.75, 3.05) is 26.2 Å². The number of nitrogens with one attached hydrogen (secondary N) is 1. The summed E-state index contributed by atoms with van der Waals surface area (Å²) in [7, 11) is 0. The first-order chi connectivity index (χ1) is 10.0. The van der Waals surface area contributed by atoms with E-state index in [9.17, 15) is 0 Å². The second-order valence-corrected chi connectivity index (χ2v) is 6.61. The Morgan fingerprint density at radius 2 is 1.81 bits per heavy atom. The quantitative estimate of drug-likeness (QED) is 0.679. The topological polar surface area (TPSA) is 27.6 Å². The first kappa shape index (κ1) is 15.9. The summed E-state index contributed by atoms with van der Waals surface area (Å²) in [6, 6.07) is 8.83. The van der Waals surface area contributed by atoms with Crippen LogP contribution < -0.4 is 5.32 Å². The molecule has 1 aromatic carbocycles. The van der Waals surface area contributed by atoms with E-state index in [1.165, 1.54) is 24.0 Å². The number of guanidine groups is 1. The molecule has 2 rings (SSSR count). The molecule has 0 radical (unpaired) electrons. The van der Waals surface area contributed by atoms with Crippen molar-refractivity contribution in [1.29, 1.82) is 0 Å². The molecule has 0 saturated carbocycles. The molecule has 1 aromatic rings. The first-order valence-corrected chi connectivity index (χ1v) is 8.13. The van der Waals surface area contributed by atoms with E-state index in [0.29, 0.717) is 0 Å². The zero-order valence-corrected chi connectivity index (χ0v) is 13.9. The van der Waals surface area contributed by atoms with Gasteiger partial charge in [0.05, 0.1) is 6.54 Å². The third-order valence-corrected chi connectivity index (χ3v) is 4.20. The van der Waals surface area contributed by atoms with E-state index in [4.69, 9.17) is 4.99 Å². The Labute approximate surface area is 129 Å². The molecule has 1 saturated heterocycles.